The van der Waals surface area contributed by atoms with E-state index >= 15 is 0 Å². The van der Waals surface area contributed by atoms with E-state index in [4.69, 9.17) is 14.6 Å². The predicted octanol–water partition coefficient (Wildman–Crippen LogP) is 2.37. The van der Waals surface area contributed by atoms with Crippen LogP contribution >= 0.6 is 0 Å². The maximum absolute atomic E-state index is 10.7. The fourth-order valence-corrected chi connectivity index (χ4v) is 1.47. The van der Waals surface area contributed by atoms with Gasteiger partial charge in [-0.05, 0) is 36.4 Å². The Bertz CT molecular complexity index is 549. The van der Waals surface area contributed by atoms with Crippen molar-refractivity contribution >= 4 is 5.97 Å². The summed E-state index contributed by atoms with van der Waals surface area (Å²) in [5.41, 5.74) is 0.828. The first kappa shape index (κ1) is 12.9. The summed E-state index contributed by atoms with van der Waals surface area (Å²) >= 11 is 0. The van der Waals surface area contributed by atoms with Crippen LogP contribution in [0.15, 0.2) is 42.6 Å². The molecule has 0 saturated heterocycles. The maximum atomic E-state index is 10.7. The fourth-order valence-electron chi connectivity index (χ4n) is 1.47. The minimum Gasteiger partial charge on any atom is -0.497 e. The molecule has 0 saturated carbocycles. The molecule has 5 nitrogen and oxygen atoms in total. The number of carbonyl (C=O) groups is 1. The SMILES string of the molecule is COc1ccc(OCc2ccc(C(=O)O)cn2)cc1. The van der Waals surface area contributed by atoms with Crippen molar-refractivity contribution < 1.29 is 19.4 Å². The zero-order valence-corrected chi connectivity index (χ0v) is 10.4. The topological polar surface area (TPSA) is 68.7 Å². The first-order valence-corrected chi connectivity index (χ1v) is 5.64. The monoisotopic (exact) mass is 259 g/mol. The lowest BCUT2D eigenvalue weighted by Gasteiger charge is -2.06. The zero-order chi connectivity index (χ0) is 13.7. The third-order valence-corrected chi connectivity index (χ3v) is 2.52. The number of ether oxygens (including phenoxy) is 2. The van der Waals surface area contributed by atoms with Crippen molar-refractivity contribution in [2.24, 2.45) is 0 Å². The second kappa shape index (κ2) is 5.86. The average molecular weight is 259 g/mol. The summed E-state index contributed by atoms with van der Waals surface area (Å²) in [6.07, 6.45) is 1.31. The van der Waals surface area contributed by atoms with E-state index in [1.54, 1.807) is 37.4 Å². The van der Waals surface area contributed by atoms with E-state index in [0.717, 1.165) is 5.75 Å². The van der Waals surface area contributed by atoms with Gasteiger partial charge in [0.15, 0.2) is 0 Å². The summed E-state index contributed by atoms with van der Waals surface area (Å²) in [4.78, 5) is 14.7. The quantitative estimate of drug-likeness (QED) is 0.892. The first-order chi connectivity index (χ1) is 9.19. The van der Waals surface area contributed by atoms with Gasteiger partial charge in [-0.15, -0.1) is 0 Å². The lowest BCUT2D eigenvalue weighted by Crippen LogP contribution is -2.01. The molecule has 0 unspecified atom stereocenters. The van der Waals surface area contributed by atoms with Gasteiger partial charge < -0.3 is 14.6 Å². The number of aromatic nitrogens is 1. The number of rotatable bonds is 5. The number of benzene rings is 1. The highest BCUT2D eigenvalue weighted by atomic mass is 16.5. The van der Waals surface area contributed by atoms with E-state index in [0.29, 0.717) is 11.4 Å². The van der Waals surface area contributed by atoms with Crippen molar-refractivity contribution in [3.63, 3.8) is 0 Å². The second-order valence-electron chi connectivity index (χ2n) is 3.81. The van der Waals surface area contributed by atoms with Crippen molar-refractivity contribution in [1.82, 2.24) is 4.98 Å². The number of pyridine rings is 1. The van der Waals surface area contributed by atoms with Crippen LogP contribution in [0.4, 0.5) is 0 Å². The largest absolute Gasteiger partial charge is 0.497 e. The minimum absolute atomic E-state index is 0.160. The van der Waals surface area contributed by atoms with E-state index in [1.807, 2.05) is 0 Å². The van der Waals surface area contributed by atoms with E-state index < -0.39 is 5.97 Å². The van der Waals surface area contributed by atoms with Gasteiger partial charge in [0.1, 0.15) is 18.1 Å². The number of hydrogen-bond acceptors (Lipinski definition) is 4. The fraction of sp³-hybridized carbons (Fsp3) is 0.143. The lowest BCUT2D eigenvalue weighted by atomic mass is 10.2. The van der Waals surface area contributed by atoms with Crippen molar-refractivity contribution in [1.29, 1.82) is 0 Å². The third kappa shape index (κ3) is 3.45. The predicted molar refractivity (Wildman–Crippen MR) is 68.5 cm³/mol. The van der Waals surface area contributed by atoms with Gasteiger partial charge in [-0.25, -0.2) is 4.79 Å². The molecule has 19 heavy (non-hydrogen) atoms. The number of hydrogen-bond donors (Lipinski definition) is 1. The molecule has 1 aromatic heterocycles. The molecule has 1 heterocycles. The molecule has 5 heteroatoms. The van der Waals surface area contributed by atoms with Gasteiger partial charge >= 0.3 is 5.97 Å². The molecule has 1 N–H and O–H groups in total. The van der Waals surface area contributed by atoms with Crippen LogP contribution in [0.1, 0.15) is 16.1 Å². The van der Waals surface area contributed by atoms with E-state index in [9.17, 15) is 4.79 Å². The van der Waals surface area contributed by atoms with Crippen LogP contribution in [-0.4, -0.2) is 23.2 Å². The van der Waals surface area contributed by atoms with Crippen LogP contribution in [0.2, 0.25) is 0 Å². The summed E-state index contributed by atoms with van der Waals surface area (Å²) in [5, 5.41) is 8.75. The van der Waals surface area contributed by atoms with Gasteiger partial charge in [0.25, 0.3) is 0 Å². The van der Waals surface area contributed by atoms with Crippen molar-refractivity contribution in [2.75, 3.05) is 7.11 Å². The number of carboxylic acid groups (broad SMARTS) is 1. The average Bonchev–Trinajstić information content (AvgIpc) is 2.46. The Morgan fingerprint density at radius 2 is 1.84 bits per heavy atom. The molecule has 1 aromatic carbocycles. The van der Waals surface area contributed by atoms with Crippen LogP contribution in [0.3, 0.4) is 0 Å². The van der Waals surface area contributed by atoms with Gasteiger partial charge in [-0.1, -0.05) is 0 Å². The van der Waals surface area contributed by atoms with Gasteiger partial charge in [0, 0.05) is 6.20 Å². The Morgan fingerprint density at radius 3 is 2.37 bits per heavy atom. The Kier molecular flexibility index (Phi) is 3.97. The molecular weight excluding hydrogens is 246 g/mol. The smallest absolute Gasteiger partial charge is 0.337 e. The van der Waals surface area contributed by atoms with Crippen LogP contribution in [0, 0.1) is 0 Å². The molecule has 0 radical (unpaired) electrons. The molecule has 98 valence electrons. The summed E-state index contributed by atoms with van der Waals surface area (Å²) in [5.74, 6) is 0.469. The Balaban J connectivity index is 1.95. The molecule has 0 aliphatic heterocycles. The molecule has 0 atom stereocenters. The second-order valence-corrected chi connectivity index (χ2v) is 3.81. The number of aromatic carboxylic acids is 1. The van der Waals surface area contributed by atoms with Crippen LogP contribution in [0.25, 0.3) is 0 Å². The summed E-state index contributed by atoms with van der Waals surface area (Å²) in [7, 11) is 1.60. The molecular formula is C14H13NO4. The van der Waals surface area contributed by atoms with Crippen LogP contribution in [-0.2, 0) is 6.61 Å². The van der Waals surface area contributed by atoms with E-state index in [1.165, 1.54) is 12.3 Å². The third-order valence-electron chi connectivity index (χ3n) is 2.52. The van der Waals surface area contributed by atoms with Crippen LogP contribution in [0.5, 0.6) is 11.5 Å². The summed E-state index contributed by atoms with van der Waals surface area (Å²) < 4.78 is 10.6. The molecule has 0 spiro atoms. The normalized spacial score (nSPS) is 9.95. The highest BCUT2D eigenvalue weighted by Crippen LogP contribution is 2.17. The number of nitrogens with zero attached hydrogens (tertiary/aromatic N) is 1. The standard InChI is InChI=1S/C14H13NO4/c1-18-12-4-6-13(7-5-12)19-9-11-3-2-10(8-15-11)14(16)17/h2-8H,9H2,1H3,(H,16,17). The van der Waals surface area contributed by atoms with Crippen molar-refractivity contribution in [3.05, 3.63) is 53.9 Å². The van der Waals surface area contributed by atoms with E-state index in [-0.39, 0.29) is 12.2 Å². The first-order valence-electron chi connectivity index (χ1n) is 5.64. The lowest BCUT2D eigenvalue weighted by molar-refractivity contribution is 0.0696. The highest BCUT2D eigenvalue weighted by Gasteiger charge is 2.03. The maximum Gasteiger partial charge on any atom is 0.337 e. The zero-order valence-electron chi connectivity index (χ0n) is 10.4. The van der Waals surface area contributed by atoms with Gasteiger partial charge in [-0.3, -0.25) is 4.98 Å². The summed E-state index contributed by atoms with van der Waals surface area (Å²) in [6, 6.07) is 10.3. The van der Waals surface area contributed by atoms with Gasteiger partial charge in [-0.2, -0.15) is 0 Å². The van der Waals surface area contributed by atoms with Crippen molar-refractivity contribution in [2.45, 2.75) is 6.61 Å². The molecule has 2 rings (SSSR count). The molecule has 0 bridgehead atoms. The summed E-state index contributed by atoms with van der Waals surface area (Å²) in [6.45, 7) is 0.284. The van der Waals surface area contributed by atoms with Crippen LogP contribution < -0.4 is 9.47 Å². The molecule has 2 aromatic rings. The van der Waals surface area contributed by atoms with E-state index in [2.05, 4.69) is 4.98 Å². The molecule has 0 amide bonds. The molecule has 0 aliphatic carbocycles. The van der Waals surface area contributed by atoms with Gasteiger partial charge in [0.2, 0.25) is 0 Å². The number of methoxy groups -OCH3 is 1. The van der Waals surface area contributed by atoms with Crippen molar-refractivity contribution in [3.8, 4) is 11.5 Å². The minimum atomic E-state index is -0.991. The highest BCUT2D eigenvalue weighted by molar-refractivity contribution is 5.87. The molecule has 0 fully saturated rings. The molecule has 0 aliphatic rings. The Hall–Kier alpha value is -2.56. The number of carboxylic acids is 1. The Morgan fingerprint density at radius 1 is 1.16 bits per heavy atom. The van der Waals surface area contributed by atoms with Gasteiger partial charge in [0.05, 0.1) is 18.4 Å². The Labute approximate surface area is 110 Å².